The van der Waals surface area contributed by atoms with E-state index in [9.17, 15) is 10.2 Å². The van der Waals surface area contributed by atoms with Gasteiger partial charge in [-0.1, -0.05) is 36.4 Å². The Morgan fingerprint density at radius 1 is 0.840 bits per heavy atom. The Morgan fingerprint density at radius 3 is 1.92 bits per heavy atom. The van der Waals surface area contributed by atoms with Gasteiger partial charge in [-0.15, -0.1) is 0 Å². The zero-order chi connectivity index (χ0) is 17.4. The van der Waals surface area contributed by atoms with Gasteiger partial charge < -0.3 is 19.8 Å². The van der Waals surface area contributed by atoms with E-state index in [0.717, 1.165) is 22.5 Å². The number of aliphatic hydroxyl groups excluding tert-OH is 1. The lowest BCUT2D eigenvalue weighted by Gasteiger charge is -2.37. The number of hydrogen-bond acceptors (Lipinski definition) is 4. The topological polar surface area (TPSA) is 52.9 Å². The van der Waals surface area contributed by atoms with Crippen molar-refractivity contribution in [3.05, 3.63) is 83.9 Å². The molecule has 0 spiro atoms. The smallest absolute Gasteiger partial charge is 0.208 e. The highest BCUT2D eigenvalue weighted by Crippen LogP contribution is 2.46. The fraction of sp³-hybridized carbons (Fsp3) is 0.143. The second-order valence-corrected chi connectivity index (χ2v) is 6.16. The second kappa shape index (κ2) is 6.15. The first-order valence-corrected chi connectivity index (χ1v) is 8.20. The Kier molecular flexibility index (Phi) is 3.82. The number of phenolic OH excluding ortho intramolecular Hbond substituents is 1. The molecule has 1 aliphatic rings. The summed E-state index contributed by atoms with van der Waals surface area (Å²) in [4.78, 5) is 2.13. The van der Waals surface area contributed by atoms with Gasteiger partial charge in [-0.3, -0.25) is 0 Å². The van der Waals surface area contributed by atoms with E-state index in [2.05, 4.69) is 4.90 Å². The Labute approximate surface area is 146 Å². The predicted molar refractivity (Wildman–Crippen MR) is 97.5 cm³/mol. The Morgan fingerprint density at radius 2 is 1.36 bits per heavy atom. The van der Waals surface area contributed by atoms with E-state index in [1.165, 1.54) is 0 Å². The molecule has 126 valence electrons. The summed E-state index contributed by atoms with van der Waals surface area (Å²) in [5.74, 6) is 0.383. The monoisotopic (exact) mass is 333 g/mol. The highest BCUT2D eigenvalue weighted by molar-refractivity contribution is 5.75. The van der Waals surface area contributed by atoms with Crippen LogP contribution in [-0.2, 0) is 0 Å². The molecule has 4 nitrogen and oxygen atoms in total. The standard InChI is InChI=1S/C21H19NO3/c1-22-18-8-4-2-6-16(18)20(17-7-3-5-9-19(17)22)21(24)25-15-12-10-14(23)11-13-15/h2-13,20-21,23-24H,1H3. The Balaban J connectivity index is 1.76. The van der Waals surface area contributed by atoms with E-state index in [1.807, 2.05) is 55.6 Å². The lowest BCUT2D eigenvalue weighted by atomic mass is 9.84. The Hall–Kier alpha value is -2.98. The van der Waals surface area contributed by atoms with Crippen molar-refractivity contribution in [1.82, 2.24) is 0 Å². The van der Waals surface area contributed by atoms with E-state index in [-0.39, 0.29) is 11.7 Å². The van der Waals surface area contributed by atoms with Crippen LogP contribution in [0.2, 0.25) is 0 Å². The number of nitrogens with zero attached hydrogens (tertiary/aromatic N) is 1. The van der Waals surface area contributed by atoms with Gasteiger partial charge in [0.25, 0.3) is 0 Å². The number of aromatic hydroxyl groups is 1. The molecule has 3 aromatic carbocycles. The summed E-state index contributed by atoms with van der Waals surface area (Å²) in [6, 6.07) is 22.4. The minimum atomic E-state index is -1.04. The first-order chi connectivity index (χ1) is 12.1. The van der Waals surface area contributed by atoms with Crippen LogP contribution in [0.3, 0.4) is 0 Å². The summed E-state index contributed by atoms with van der Waals surface area (Å²) < 4.78 is 5.78. The Bertz CT molecular complexity index is 844. The van der Waals surface area contributed by atoms with Gasteiger partial charge in [-0.2, -0.15) is 0 Å². The van der Waals surface area contributed by atoms with Gasteiger partial charge >= 0.3 is 0 Å². The van der Waals surface area contributed by atoms with Crippen LogP contribution in [0, 0.1) is 0 Å². The number of rotatable bonds is 3. The summed E-state index contributed by atoms with van der Waals surface area (Å²) in [5, 5.41) is 20.3. The molecule has 0 saturated heterocycles. The van der Waals surface area contributed by atoms with E-state index in [1.54, 1.807) is 24.3 Å². The number of aliphatic hydroxyl groups is 1. The fourth-order valence-corrected chi connectivity index (χ4v) is 3.45. The molecule has 2 N–H and O–H groups in total. The van der Waals surface area contributed by atoms with Crippen LogP contribution in [0.15, 0.2) is 72.8 Å². The van der Waals surface area contributed by atoms with Gasteiger partial charge in [-0.05, 0) is 47.5 Å². The molecule has 1 heterocycles. The van der Waals surface area contributed by atoms with Gasteiger partial charge in [0, 0.05) is 18.4 Å². The zero-order valence-electron chi connectivity index (χ0n) is 13.8. The van der Waals surface area contributed by atoms with E-state index < -0.39 is 6.29 Å². The third-order valence-corrected chi connectivity index (χ3v) is 4.65. The van der Waals surface area contributed by atoms with Crippen molar-refractivity contribution in [2.45, 2.75) is 12.2 Å². The second-order valence-electron chi connectivity index (χ2n) is 6.16. The maximum Gasteiger partial charge on any atom is 0.208 e. The van der Waals surface area contributed by atoms with Gasteiger partial charge in [0.15, 0.2) is 0 Å². The van der Waals surface area contributed by atoms with Crippen LogP contribution in [0.1, 0.15) is 17.0 Å². The largest absolute Gasteiger partial charge is 0.508 e. The van der Waals surface area contributed by atoms with Crippen LogP contribution in [-0.4, -0.2) is 23.6 Å². The molecule has 1 aliphatic heterocycles. The van der Waals surface area contributed by atoms with Gasteiger partial charge in [0.2, 0.25) is 6.29 Å². The third kappa shape index (κ3) is 2.71. The van der Waals surface area contributed by atoms with Crippen LogP contribution < -0.4 is 9.64 Å². The van der Waals surface area contributed by atoms with Gasteiger partial charge in [0.1, 0.15) is 11.5 Å². The van der Waals surface area contributed by atoms with Gasteiger partial charge in [0.05, 0.1) is 5.92 Å². The van der Waals surface area contributed by atoms with Crippen molar-refractivity contribution < 1.29 is 14.9 Å². The number of ether oxygens (including phenoxy) is 1. The molecule has 4 heteroatoms. The molecule has 0 saturated carbocycles. The highest BCUT2D eigenvalue weighted by Gasteiger charge is 2.34. The number of para-hydroxylation sites is 2. The van der Waals surface area contributed by atoms with Crippen molar-refractivity contribution in [3.8, 4) is 11.5 Å². The predicted octanol–water partition coefficient (Wildman–Crippen LogP) is 4.00. The maximum absolute atomic E-state index is 10.9. The number of fused-ring (bicyclic) bond motifs is 2. The average Bonchev–Trinajstić information content (AvgIpc) is 2.64. The lowest BCUT2D eigenvalue weighted by molar-refractivity contribution is -0.0293. The molecule has 0 aliphatic carbocycles. The fourth-order valence-electron chi connectivity index (χ4n) is 3.45. The summed E-state index contributed by atoms with van der Waals surface area (Å²) in [7, 11) is 2.03. The summed E-state index contributed by atoms with van der Waals surface area (Å²) >= 11 is 0. The third-order valence-electron chi connectivity index (χ3n) is 4.65. The molecular weight excluding hydrogens is 314 g/mol. The molecule has 3 aromatic rings. The SMILES string of the molecule is CN1c2ccccc2C(C(O)Oc2ccc(O)cc2)c2ccccc21. The molecule has 0 radical (unpaired) electrons. The van der Waals surface area contributed by atoms with Crippen LogP contribution in [0.4, 0.5) is 11.4 Å². The zero-order valence-corrected chi connectivity index (χ0v) is 13.8. The van der Waals surface area contributed by atoms with Crippen molar-refractivity contribution in [2.24, 2.45) is 0 Å². The van der Waals surface area contributed by atoms with E-state index in [0.29, 0.717) is 5.75 Å². The van der Waals surface area contributed by atoms with Gasteiger partial charge in [-0.25, -0.2) is 0 Å². The van der Waals surface area contributed by atoms with E-state index >= 15 is 0 Å². The molecule has 0 aromatic heterocycles. The maximum atomic E-state index is 10.9. The van der Waals surface area contributed by atoms with Crippen molar-refractivity contribution >= 4 is 11.4 Å². The molecule has 4 rings (SSSR count). The number of phenols is 1. The quantitative estimate of drug-likeness (QED) is 0.711. The average molecular weight is 333 g/mol. The number of anilines is 2. The molecule has 0 fully saturated rings. The van der Waals surface area contributed by atoms with Crippen LogP contribution in [0.25, 0.3) is 0 Å². The van der Waals surface area contributed by atoms with Crippen molar-refractivity contribution in [3.63, 3.8) is 0 Å². The summed E-state index contributed by atoms with van der Waals surface area (Å²) in [6.45, 7) is 0. The van der Waals surface area contributed by atoms with Crippen LogP contribution >= 0.6 is 0 Å². The van der Waals surface area contributed by atoms with E-state index in [4.69, 9.17) is 4.74 Å². The number of benzene rings is 3. The first-order valence-electron chi connectivity index (χ1n) is 8.20. The van der Waals surface area contributed by atoms with Crippen molar-refractivity contribution in [1.29, 1.82) is 0 Å². The first kappa shape index (κ1) is 15.5. The molecule has 1 atom stereocenters. The molecule has 1 unspecified atom stereocenters. The van der Waals surface area contributed by atoms with Crippen molar-refractivity contribution in [2.75, 3.05) is 11.9 Å². The minimum absolute atomic E-state index is 0.164. The highest BCUT2D eigenvalue weighted by atomic mass is 16.6. The molecule has 25 heavy (non-hydrogen) atoms. The minimum Gasteiger partial charge on any atom is -0.508 e. The normalized spacial score (nSPS) is 14.6. The molecule has 0 bridgehead atoms. The summed E-state index contributed by atoms with van der Waals surface area (Å²) in [6.07, 6.45) is -1.04. The molecule has 0 amide bonds. The number of hydrogen-bond donors (Lipinski definition) is 2. The lowest BCUT2D eigenvalue weighted by Crippen LogP contribution is -2.31. The molecular formula is C21H19NO3. The summed E-state index contributed by atoms with van der Waals surface area (Å²) in [5.41, 5.74) is 4.16. The van der Waals surface area contributed by atoms with Crippen LogP contribution in [0.5, 0.6) is 11.5 Å².